The molecule has 1 aliphatic rings. The van der Waals surface area contributed by atoms with Gasteiger partial charge in [-0.3, -0.25) is 24.4 Å². The molecule has 1 saturated carbocycles. The van der Waals surface area contributed by atoms with Crippen molar-refractivity contribution in [1.82, 2.24) is 5.32 Å². The maximum absolute atomic E-state index is 12.6. The van der Waals surface area contributed by atoms with Gasteiger partial charge >= 0.3 is 5.97 Å². The van der Waals surface area contributed by atoms with Crippen molar-refractivity contribution in [2.75, 3.05) is 17.9 Å². The molecule has 0 unspecified atom stereocenters. The first-order valence-corrected chi connectivity index (χ1v) is 10.5. The third-order valence-electron chi connectivity index (χ3n) is 4.32. The van der Waals surface area contributed by atoms with Gasteiger partial charge in [0.1, 0.15) is 6.54 Å². The van der Waals surface area contributed by atoms with E-state index >= 15 is 0 Å². The lowest BCUT2D eigenvalue weighted by Gasteiger charge is -2.13. The van der Waals surface area contributed by atoms with Gasteiger partial charge in [-0.2, -0.15) is 0 Å². The molecule has 0 aromatic heterocycles. The molecule has 2 aromatic rings. The van der Waals surface area contributed by atoms with E-state index in [2.05, 4.69) is 10.0 Å². The molecule has 1 amide bonds. The first kappa shape index (κ1) is 21.2. The Labute approximate surface area is 172 Å². The lowest BCUT2D eigenvalue weighted by molar-refractivity contribution is -0.385. The summed E-state index contributed by atoms with van der Waals surface area (Å²) < 4.78 is 32.6. The van der Waals surface area contributed by atoms with Crippen molar-refractivity contribution in [2.24, 2.45) is 5.92 Å². The number of sulfonamides is 1. The van der Waals surface area contributed by atoms with Crippen LogP contribution in [-0.4, -0.2) is 38.4 Å². The molecule has 2 N–H and O–H groups in total. The number of nitro benzene ring substituents is 1. The second-order valence-corrected chi connectivity index (χ2v) is 8.40. The second kappa shape index (κ2) is 8.91. The molecule has 0 spiro atoms. The fraction of sp³-hybridized carbons (Fsp3) is 0.263. The topological polar surface area (TPSA) is 145 Å². The SMILES string of the molecule is O=C(CNC(=O)c1ccccc1NS(=O)(=O)c1cccc([N+](=O)[O-])c1)OCC1CC1. The summed E-state index contributed by atoms with van der Waals surface area (Å²) in [7, 11) is -4.19. The number of para-hydroxylation sites is 1. The van der Waals surface area contributed by atoms with Gasteiger partial charge in [-0.15, -0.1) is 0 Å². The van der Waals surface area contributed by atoms with Gasteiger partial charge in [-0.05, 0) is 37.0 Å². The Morgan fingerprint density at radius 1 is 1.13 bits per heavy atom. The van der Waals surface area contributed by atoms with Gasteiger partial charge in [0, 0.05) is 12.1 Å². The molecule has 0 atom stereocenters. The average molecular weight is 433 g/mol. The molecule has 11 heteroatoms. The van der Waals surface area contributed by atoms with Crippen LogP contribution in [-0.2, 0) is 19.6 Å². The minimum absolute atomic E-state index is 0.0125. The number of rotatable bonds is 9. The second-order valence-electron chi connectivity index (χ2n) is 6.71. The highest BCUT2D eigenvalue weighted by Crippen LogP contribution is 2.28. The molecule has 1 aliphatic carbocycles. The Balaban J connectivity index is 1.71. The van der Waals surface area contributed by atoms with Crippen molar-refractivity contribution in [2.45, 2.75) is 17.7 Å². The van der Waals surface area contributed by atoms with Crippen molar-refractivity contribution in [3.63, 3.8) is 0 Å². The van der Waals surface area contributed by atoms with Gasteiger partial charge in [-0.1, -0.05) is 18.2 Å². The number of carbonyl (C=O) groups excluding carboxylic acids is 2. The number of nitro groups is 1. The first-order valence-electron chi connectivity index (χ1n) is 9.06. The van der Waals surface area contributed by atoms with E-state index < -0.39 is 26.8 Å². The van der Waals surface area contributed by atoms with Crippen LogP contribution in [0.1, 0.15) is 23.2 Å². The number of carbonyl (C=O) groups is 2. The highest BCUT2D eigenvalue weighted by molar-refractivity contribution is 7.92. The summed E-state index contributed by atoms with van der Waals surface area (Å²) in [4.78, 5) is 34.0. The Bertz CT molecular complexity index is 1080. The predicted octanol–water partition coefficient (Wildman–Crippen LogP) is 2.08. The van der Waals surface area contributed by atoms with Crippen LogP contribution in [0.3, 0.4) is 0 Å². The summed E-state index contributed by atoms with van der Waals surface area (Å²) in [6.07, 6.45) is 2.05. The maximum atomic E-state index is 12.6. The van der Waals surface area contributed by atoms with Crippen molar-refractivity contribution >= 4 is 33.3 Å². The first-order chi connectivity index (χ1) is 14.3. The number of hydrogen-bond acceptors (Lipinski definition) is 7. The fourth-order valence-electron chi connectivity index (χ4n) is 2.53. The summed E-state index contributed by atoms with van der Waals surface area (Å²) in [6, 6.07) is 10.3. The van der Waals surface area contributed by atoms with Crippen molar-refractivity contribution in [1.29, 1.82) is 0 Å². The molecule has 3 rings (SSSR count). The largest absolute Gasteiger partial charge is 0.464 e. The zero-order chi connectivity index (χ0) is 21.7. The highest BCUT2D eigenvalue weighted by Gasteiger charge is 2.24. The highest BCUT2D eigenvalue weighted by atomic mass is 32.2. The number of hydrogen-bond donors (Lipinski definition) is 2. The maximum Gasteiger partial charge on any atom is 0.325 e. The van der Waals surface area contributed by atoms with Crippen LogP contribution in [0.5, 0.6) is 0 Å². The molecule has 10 nitrogen and oxygen atoms in total. The Morgan fingerprint density at radius 2 is 1.87 bits per heavy atom. The van der Waals surface area contributed by atoms with Gasteiger partial charge < -0.3 is 10.1 Å². The van der Waals surface area contributed by atoms with Gasteiger partial charge in [-0.25, -0.2) is 8.42 Å². The summed E-state index contributed by atoms with van der Waals surface area (Å²) in [5.74, 6) is -0.853. The molecule has 1 fully saturated rings. The van der Waals surface area contributed by atoms with Gasteiger partial charge in [0.15, 0.2) is 0 Å². The molecule has 2 aromatic carbocycles. The van der Waals surface area contributed by atoms with Crippen molar-refractivity contribution < 1.29 is 27.7 Å². The van der Waals surface area contributed by atoms with E-state index in [1.165, 1.54) is 42.5 Å². The number of esters is 1. The minimum atomic E-state index is -4.19. The molecular weight excluding hydrogens is 414 g/mol. The van der Waals surface area contributed by atoms with E-state index in [4.69, 9.17) is 4.74 Å². The summed E-state index contributed by atoms with van der Waals surface area (Å²) in [5, 5.41) is 13.3. The molecular formula is C19H19N3O7S. The monoisotopic (exact) mass is 433 g/mol. The number of nitrogens with zero attached hydrogens (tertiary/aromatic N) is 1. The quantitative estimate of drug-likeness (QED) is 0.350. The van der Waals surface area contributed by atoms with E-state index in [0.29, 0.717) is 12.5 Å². The van der Waals surface area contributed by atoms with E-state index in [9.17, 15) is 28.1 Å². The Morgan fingerprint density at radius 3 is 2.57 bits per heavy atom. The zero-order valence-electron chi connectivity index (χ0n) is 15.7. The summed E-state index contributed by atoms with van der Waals surface area (Å²) >= 11 is 0. The van der Waals surface area contributed by atoms with Gasteiger partial charge in [0.2, 0.25) is 0 Å². The Kier molecular flexibility index (Phi) is 6.31. The van der Waals surface area contributed by atoms with Crippen LogP contribution in [0.15, 0.2) is 53.4 Å². The van der Waals surface area contributed by atoms with Crippen molar-refractivity contribution in [3.05, 3.63) is 64.2 Å². The third kappa shape index (κ3) is 5.54. The molecule has 0 aliphatic heterocycles. The van der Waals surface area contributed by atoms with E-state index in [1.54, 1.807) is 0 Å². The van der Waals surface area contributed by atoms with Crippen LogP contribution >= 0.6 is 0 Å². The lowest BCUT2D eigenvalue weighted by Crippen LogP contribution is -2.31. The third-order valence-corrected chi connectivity index (χ3v) is 5.69. The van der Waals surface area contributed by atoms with Crippen molar-refractivity contribution in [3.8, 4) is 0 Å². The fourth-order valence-corrected chi connectivity index (χ4v) is 3.65. The predicted molar refractivity (Wildman–Crippen MR) is 106 cm³/mol. The molecule has 0 heterocycles. The van der Waals surface area contributed by atoms with Crippen LogP contribution in [0, 0.1) is 16.0 Å². The average Bonchev–Trinajstić information content (AvgIpc) is 3.55. The molecule has 0 saturated heterocycles. The lowest BCUT2D eigenvalue weighted by atomic mass is 10.1. The number of amides is 1. The van der Waals surface area contributed by atoms with E-state index in [0.717, 1.165) is 18.9 Å². The van der Waals surface area contributed by atoms with Gasteiger partial charge in [0.05, 0.1) is 27.7 Å². The van der Waals surface area contributed by atoms with E-state index in [-0.39, 0.29) is 28.4 Å². The summed E-state index contributed by atoms with van der Waals surface area (Å²) in [5.41, 5.74) is -0.428. The summed E-state index contributed by atoms with van der Waals surface area (Å²) in [6.45, 7) is -0.0220. The standard InChI is InChI=1S/C19H19N3O7S/c23-18(29-12-13-8-9-13)11-20-19(24)16-6-1-2-7-17(16)21-30(27,28)15-5-3-4-14(10-15)22(25)26/h1-7,10,13,21H,8-9,11-12H2,(H,20,24). The number of ether oxygens (including phenoxy) is 1. The van der Waals surface area contributed by atoms with Crippen LogP contribution in [0.25, 0.3) is 0 Å². The van der Waals surface area contributed by atoms with Crippen LogP contribution in [0.4, 0.5) is 11.4 Å². The van der Waals surface area contributed by atoms with Gasteiger partial charge in [0.25, 0.3) is 21.6 Å². The normalized spacial score (nSPS) is 13.3. The number of anilines is 1. The number of non-ortho nitro benzene ring substituents is 1. The number of benzene rings is 2. The Hall–Kier alpha value is -3.47. The molecule has 0 radical (unpaired) electrons. The van der Waals surface area contributed by atoms with E-state index in [1.807, 2.05) is 0 Å². The molecule has 30 heavy (non-hydrogen) atoms. The van der Waals surface area contributed by atoms with Crippen LogP contribution in [0.2, 0.25) is 0 Å². The molecule has 0 bridgehead atoms. The molecule has 158 valence electrons. The van der Waals surface area contributed by atoms with Crippen LogP contribution < -0.4 is 10.0 Å². The smallest absolute Gasteiger partial charge is 0.325 e. The minimum Gasteiger partial charge on any atom is -0.464 e. The zero-order valence-corrected chi connectivity index (χ0v) is 16.6. The number of nitrogens with one attached hydrogen (secondary N) is 2.